The SMILES string of the molecule is O=C([O-])CN1CCCN2CCN(CCCN(CC(=O)[O-])CC2)CC1.[64Cu+2]. The predicted molar refractivity (Wildman–Crippen MR) is 85.0 cm³/mol. The van der Waals surface area contributed by atoms with E-state index in [0.29, 0.717) is 0 Å². The first-order valence-corrected chi connectivity index (χ1v) is 8.82. The fourth-order valence-corrected chi connectivity index (χ4v) is 3.46. The molecule has 2 atom stereocenters. The average Bonchev–Trinajstić information content (AvgIpc) is 2.51. The number of hydrogen-bond donors (Lipinski definition) is 0. The Hall–Kier alpha value is -0.701. The number of aliphatic carboxylic acids is 2. The molecule has 0 aromatic carbocycles. The molecule has 2 heterocycles. The van der Waals surface area contributed by atoms with Crippen LogP contribution in [0.15, 0.2) is 0 Å². The van der Waals surface area contributed by atoms with Gasteiger partial charge in [0.25, 0.3) is 0 Å². The molecule has 2 unspecified atom stereocenters. The van der Waals surface area contributed by atoms with E-state index in [1.807, 2.05) is 9.80 Å². The zero-order valence-corrected chi connectivity index (χ0v) is 15.6. The van der Waals surface area contributed by atoms with Gasteiger partial charge in [-0.15, -0.1) is 0 Å². The quantitative estimate of drug-likeness (QED) is 0.446. The third kappa shape index (κ3) is 8.98. The minimum absolute atomic E-state index is 0. The van der Waals surface area contributed by atoms with Gasteiger partial charge < -0.3 is 29.6 Å². The molecule has 0 saturated carbocycles. The normalized spacial score (nSPS) is 27.2. The van der Waals surface area contributed by atoms with Crippen LogP contribution in [0.25, 0.3) is 0 Å². The molecule has 0 N–H and O–H groups in total. The zero-order chi connectivity index (χ0) is 17.4. The topological polar surface area (TPSA) is 93.2 Å². The van der Waals surface area contributed by atoms with Gasteiger partial charge in [-0.3, -0.25) is 9.80 Å². The second kappa shape index (κ2) is 11.8. The summed E-state index contributed by atoms with van der Waals surface area (Å²) >= 11 is 0. The molecule has 0 aliphatic carbocycles. The van der Waals surface area contributed by atoms with Crippen LogP contribution in [0.5, 0.6) is 0 Å². The molecular formula is C16H28CuN4O4. The van der Waals surface area contributed by atoms with Gasteiger partial charge in [-0.05, 0) is 39.0 Å². The summed E-state index contributed by atoms with van der Waals surface area (Å²) in [7, 11) is 0. The number of nitrogens with zero attached hydrogens (tertiary/aromatic N) is 4. The van der Waals surface area contributed by atoms with E-state index in [0.717, 1.165) is 78.3 Å². The van der Waals surface area contributed by atoms with Crippen LogP contribution in [0.3, 0.4) is 0 Å². The molecule has 2 rings (SSSR count). The maximum absolute atomic E-state index is 10.9. The second-order valence-electron chi connectivity index (χ2n) is 6.69. The van der Waals surface area contributed by atoms with Gasteiger partial charge >= 0.3 is 17.1 Å². The van der Waals surface area contributed by atoms with Gasteiger partial charge in [0.2, 0.25) is 0 Å². The van der Waals surface area contributed by atoms with E-state index in [2.05, 4.69) is 9.80 Å². The maximum atomic E-state index is 10.9. The Morgan fingerprint density at radius 2 is 0.960 bits per heavy atom. The fourth-order valence-electron chi connectivity index (χ4n) is 3.46. The zero-order valence-electron chi connectivity index (χ0n) is 14.6. The third-order valence-corrected chi connectivity index (χ3v) is 4.80. The molecule has 8 nitrogen and oxygen atoms in total. The molecule has 0 aromatic rings. The van der Waals surface area contributed by atoms with Gasteiger partial charge in [-0.1, -0.05) is 0 Å². The van der Waals surface area contributed by atoms with Gasteiger partial charge in [0.15, 0.2) is 0 Å². The number of rotatable bonds is 4. The molecule has 2 bridgehead atoms. The van der Waals surface area contributed by atoms with Gasteiger partial charge in [0.05, 0.1) is 11.9 Å². The van der Waals surface area contributed by atoms with Crippen LogP contribution in [0.2, 0.25) is 0 Å². The number of hydrogen-bond acceptors (Lipinski definition) is 8. The van der Waals surface area contributed by atoms with Gasteiger partial charge in [-0.25, -0.2) is 0 Å². The minimum Gasteiger partial charge on any atom is -0.549 e. The predicted octanol–water partition coefficient (Wildman–Crippen LogP) is -3.50. The van der Waals surface area contributed by atoms with Crippen molar-refractivity contribution in [2.75, 3.05) is 78.5 Å². The standard InChI is InChI=1S/C16H30N4O4.Cu/c21-15(22)13-19-5-1-3-17-7-8-18(10-11-19)4-2-6-20(12-9-17)14-16(23)24;/h1-14H2,(H,21,22)(H,23,24);/q;+2/p-2/i;1+0. The van der Waals surface area contributed by atoms with E-state index >= 15 is 0 Å². The van der Waals surface area contributed by atoms with E-state index in [-0.39, 0.29) is 30.2 Å². The van der Waals surface area contributed by atoms with Crippen molar-refractivity contribution in [3.63, 3.8) is 0 Å². The van der Waals surface area contributed by atoms with Crippen LogP contribution in [0, 0.1) is 0 Å². The van der Waals surface area contributed by atoms with Crippen molar-refractivity contribution in [2.24, 2.45) is 0 Å². The van der Waals surface area contributed by atoms with E-state index in [4.69, 9.17) is 0 Å². The molecule has 147 valence electrons. The summed E-state index contributed by atoms with van der Waals surface area (Å²) in [6.45, 7) is 8.37. The van der Waals surface area contributed by atoms with Crippen molar-refractivity contribution < 1.29 is 36.9 Å². The van der Waals surface area contributed by atoms with Crippen LogP contribution in [0.1, 0.15) is 12.8 Å². The smallest absolute Gasteiger partial charge is 0.549 e. The average molecular weight is 404 g/mol. The Morgan fingerprint density at radius 1 is 0.600 bits per heavy atom. The summed E-state index contributed by atoms with van der Waals surface area (Å²) in [6.07, 6.45) is 1.82. The Bertz CT molecular complexity index is 389. The van der Waals surface area contributed by atoms with Crippen LogP contribution in [0.4, 0.5) is 0 Å². The summed E-state index contributed by atoms with van der Waals surface area (Å²) < 4.78 is 0. The van der Waals surface area contributed by atoms with Crippen molar-refractivity contribution in [3.05, 3.63) is 0 Å². The van der Waals surface area contributed by atoms with E-state index in [1.54, 1.807) is 0 Å². The first-order valence-electron chi connectivity index (χ1n) is 8.82. The number of carbonyl (C=O) groups excluding carboxylic acids is 2. The number of carboxylic acid groups (broad SMARTS) is 2. The fraction of sp³-hybridized carbons (Fsp3) is 0.875. The first kappa shape index (κ1) is 22.3. The largest absolute Gasteiger partial charge is 2.00 e. The van der Waals surface area contributed by atoms with Crippen LogP contribution in [-0.4, -0.2) is 110 Å². The van der Waals surface area contributed by atoms with Gasteiger partial charge in [0, 0.05) is 52.4 Å². The first-order chi connectivity index (χ1) is 11.5. The maximum Gasteiger partial charge on any atom is 2.00 e. The van der Waals surface area contributed by atoms with E-state index in [1.165, 1.54) is 0 Å². The molecule has 2 aliphatic heterocycles. The summed E-state index contributed by atoms with van der Waals surface area (Å²) in [5.41, 5.74) is 0. The Labute approximate surface area is 160 Å². The number of fused-ring (bicyclic) bond motifs is 3. The number of carboxylic acids is 2. The monoisotopic (exact) mass is 404 g/mol. The van der Waals surface area contributed by atoms with Crippen molar-refractivity contribution in [1.29, 1.82) is 0 Å². The molecule has 0 spiro atoms. The summed E-state index contributed by atoms with van der Waals surface area (Å²) in [5.74, 6) is -2.04. The molecule has 2 aliphatic rings. The number of carbonyl (C=O) groups is 2. The van der Waals surface area contributed by atoms with Crippen molar-refractivity contribution in [1.82, 2.24) is 19.6 Å². The van der Waals surface area contributed by atoms with Gasteiger partial charge in [-0.2, -0.15) is 0 Å². The van der Waals surface area contributed by atoms with Crippen LogP contribution < -0.4 is 10.2 Å². The molecule has 0 aromatic heterocycles. The molecule has 2 fully saturated rings. The summed E-state index contributed by atoms with van der Waals surface area (Å²) in [5, 5.41) is 21.8. The Kier molecular flexibility index (Phi) is 10.6. The summed E-state index contributed by atoms with van der Waals surface area (Å²) in [6, 6.07) is 0. The van der Waals surface area contributed by atoms with E-state index < -0.39 is 11.9 Å². The van der Waals surface area contributed by atoms with Crippen LogP contribution in [-0.2, 0) is 26.7 Å². The molecule has 1 radical (unpaired) electrons. The van der Waals surface area contributed by atoms with Crippen molar-refractivity contribution >= 4 is 11.9 Å². The molecule has 2 saturated heterocycles. The van der Waals surface area contributed by atoms with Crippen molar-refractivity contribution in [3.8, 4) is 0 Å². The van der Waals surface area contributed by atoms with Crippen LogP contribution >= 0.6 is 0 Å². The minimum atomic E-state index is -1.02. The summed E-state index contributed by atoms with van der Waals surface area (Å²) in [4.78, 5) is 30.4. The molecular weight excluding hydrogens is 376 g/mol. The Balaban J connectivity index is 0.00000312. The third-order valence-electron chi connectivity index (χ3n) is 4.80. The second-order valence-corrected chi connectivity index (χ2v) is 6.69. The molecule has 0 amide bonds. The van der Waals surface area contributed by atoms with Gasteiger partial charge in [0.1, 0.15) is 0 Å². The molecule has 9 heteroatoms. The molecule has 25 heavy (non-hydrogen) atoms. The Morgan fingerprint density at radius 3 is 1.32 bits per heavy atom. The van der Waals surface area contributed by atoms with E-state index in [9.17, 15) is 19.8 Å². The van der Waals surface area contributed by atoms with Crippen molar-refractivity contribution in [2.45, 2.75) is 12.8 Å².